The van der Waals surface area contributed by atoms with Crippen molar-refractivity contribution in [1.82, 2.24) is 0 Å². The zero-order valence-corrected chi connectivity index (χ0v) is 11.8. The van der Waals surface area contributed by atoms with Gasteiger partial charge in [0.1, 0.15) is 5.82 Å². The van der Waals surface area contributed by atoms with Gasteiger partial charge in [-0.2, -0.15) is 5.26 Å². The largest absolute Gasteiger partial charge is 0.465 e. The second-order valence-corrected chi connectivity index (χ2v) is 4.45. The second-order valence-electron chi connectivity index (χ2n) is 4.45. The van der Waals surface area contributed by atoms with Crippen molar-refractivity contribution in [3.05, 3.63) is 23.5 Å². The maximum absolute atomic E-state index is 14.0. The van der Waals surface area contributed by atoms with Gasteiger partial charge in [-0.15, -0.1) is 0 Å². The number of carbonyl (C=O) groups excluding carboxylic acids is 1. The summed E-state index contributed by atoms with van der Waals surface area (Å²) in [5.41, 5.74) is 6.01. The molecule has 0 fully saturated rings. The molecule has 0 bridgehead atoms. The van der Waals surface area contributed by atoms with Crippen LogP contribution in [-0.2, 0) is 4.74 Å². The SMILES string of the molecule is CCN(CC(C)C#N)c1cc(C(=O)OC)c(N)cc1F. The van der Waals surface area contributed by atoms with Gasteiger partial charge in [-0.25, -0.2) is 9.18 Å². The standard InChI is InChI=1S/C14H18FN3O2/c1-4-18(8-9(2)7-16)13-5-10(14(19)20-3)12(17)6-11(13)15/h5-6,9H,4,8,17H2,1-3H3. The Morgan fingerprint density at radius 2 is 2.25 bits per heavy atom. The van der Waals surface area contributed by atoms with Crippen LogP contribution in [0.25, 0.3) is 0 Å². The van der Waals surface area contributed by atoms with E-state index in [1.54, 1.807) is 11.8 Å². The zero-order chi connectivity index (χ0) is 15.3. The molecule has 1 aromatic rings. The number of halogens is 1. The highest BCUT2D eigenvalue weighted by atomic mass is 19.1. The van der Waals surface area contributed by atoms with Crippen molar-refractivity contribution < 1.29 is 13.9 Å². The number of anilines is 2. The molecule has 1 aromatic carbocycles. The van der Waals surface area contributed by atoms with Crippen LogP contribution in [0, 0.1) is 23.1 Å². The first-order chi connectivity index (χ1) is 9.44. The average Bonchev–Trinajstić information content (AvgIpc) is 2.44. The van der Waals surface area contributed by atoms with Crippen LogP contribution in [-0.4, -0.2) is 26.2 Å². The van der Waals surface area contributed by atoms with E-state index < -0.39 is 11.8 Å². The Bertz CT molecular complexity index is 540. The van der Waals surface area contributed by atoms with Gasteiger partial charge in [0.2, 0.25) is 0 Å². The summed E-state index contributed by atoms with van der Waals surface area (Å²) >= 11 is 0. The highest BCUT2D eigenvalue weighted by Gasteiger charge is 2.19. The van der Waals surface area contributed by atoms with E-state index >= 15 is 0 Å². The summed E-state index contributed by atoms with van der Waals surface area (Å²) in [6.07, 6.45) is 0. The number of nitriles is 1. The van der Waals surface area contributed by atoms with Gasteiger partial charge in [0.15, 0.2) is 0 Å². The number of rotatable bonds is 5. The molecule has 0 aliphatic heterocycles. The molecular formula is C14H18FN3O2. The third-order valence-electron chi connectivity index (χ3n) is 2.96. The molecule has 108 valence electrons. The molecule has 0 saturated carbocycles. The number of methoxy groups -OCH3 is 1. The first-order valence-electron chi connectivity index (χ1n) is 6.26. The molecule has 0 amide bonds. The molecule has 0 spiro atoms. The lowest BCUT2D eigenvalue weighted by atomic mass is 10.1. The maximum Gasteiger partial charge on any atom is 0.340 e. The van der Waals surface area contributed by atoms with Crippen LogP contribution in [0.15, 0.2) is 12.1 Å². The lowest BCUT2D eigenvalue weighted by Gasteiger charge is -2.25. The van der Waals surface area contributed by atoms with Gasteiger partial charge in [0, 0.05) is 18.8 Å². The van der Waals surface area contributed by atoms with Crippen molar-refractivity contribution in [3.8, 4) is 6.07 Å². The Hall–Kier alpha value is -2.29. The predicted octanol–water partition coefficient (Wildman–Crippen LogP) is 2.18. The monoisotopic (exact) mass is 279 g/mol. The van der Waals surface area contributed by atoms with Crippen molar-refractivity contribution in [2.75, 3.05) is 30.8 Å². The molecule has 0 heterocycles. The number of nitrogens with two attached hydrogens (primary N) is 1. The number of ether oxygens (including phenoxy) is 1. The molecule has 6 heteroatoms. The molecule has 0 radical (unpaired) electrons. The average molecular weight is 279 g/mol. The molecule has 1 atom stereocenters. The fourth-order valence-electron chi connectivity index (χ4n) is 1.88. The van der Waals surface area contributed by atoms with E-state index in [9.17, 15) is 9.18 Å². The van der Waals surface area contributed by atoms with Gasteiger partial charge in [0.05, 0.1) is 30.3 Å². The molecule has 2 N–H and O–H groups in total. The topological polar surface area (TPSA) is 79.3 Å². The van der Waals surface area contributed by atoms with E-state index in [1.807, 2.05) is 6.92 Å². The second kappa shape index (κ2) is 6.75. The maximum atomic E-state index is 14.0. The Morgan fingerprint density at radius 1 is 1.60 bits per heavy atom. The third kappa shape index (κ3) is 3.38. The lowest BCUT2D eigenvalue weighted by molar-refractivity contribution is 0.0602. The molecule has 5 nitrogen and oxygen atoms in total. The van der Waals surface area contributed by atoms with Gasteiger partial charge >= 0.3 is 5.97 Å². The molecule has 0 aliphatic rings. The van der Waals surface area contributed by atoms with Crippen LogP contribution in [0.3, 0.4) is 0 Å². The van der Waals surface area contributed by atoms with E-state index in [1.165, 1.54) is 13.2 Å². The normalized spacial score (nSPS) is 11.6. The van der Waals surface area contributed by atoms with Crippen LogP contribution in [0.1, 0.15) is 24.2 Å². The molecule has 0 aliphatic carbocycles. The lowest BCUT2D eigenvalue weighted by Crippen LogP contribution is -2.29. The van der Waals surface area contributed by atoms with Crippen molar-refractivity contribution in [2.24, 2.45) is 5.92 Å². The van der Waals surface area contributed by atoms with Gasteiger partial charge in [-0.1, -0.05) is 0 Å². The first-order valence-corrected chi connectivity index (χ1v) is 6.26. The van der Waals surface area contributed by atoms with Crippen LogP contribution < -0.4 is 10.6 Å². The van der Waals surface area contributed by atoms with Crippen molar-refractivity contribution in [1.29, 1.82) is 5.26 Å². The van der Waals surface area contributed by atoms with Crippen LogP contribution in [0.5, 0.6) is 0 Å². The Balaban J connectivity index is 3.22. The summed E-state index contributed by atoms with van der Waals surface area (Å²) in [7, 11) is 1.24. The minimum absolute atomic E-state index is 0.0301. The Morgan fingerprint density at radius 3 is 2.75 bits per heavy atom. The Labute approximate surface area is 117 Å². The predicted molar refractivity (Wildman–Crippen MR) is 74.8 cm³/mol. The molecule has 0 saturated heterocycles. The summed E-state index contributed by atoms with van der Waals surface area (Å²) in [6, 6.07) is 4.56. The Kier molecular flexibility index (Phi) is 5.32. The summed E-state index contributed by atoms with van der Waals surface area (Å²) in [5.74, 6) is -1.40. The molecule has 1 rings (SSSR count). The van der Waals surface area contributed by atoms with Gasteiger partial charge in [-0.05, 0) is 26.0 Å². The van der Waals surface area contributed by atoms with Crippen LogP contribution in [0.4, 0.5) is 15.8 Å². The van der Waals surface area contributed by atoms with E-state index in [0.29, 0.717) is 13.1 Å². The minimum Gasteiger partial charge on any atom is -0.465 e. The fourth-order valence-corrected chi connectivity index (χ4v) is 1.88. The number of esters is 1. The summed E-state index contributed by atoms with van der Waals surface area (Å²) in [4.78, 5) is 13.3. The molecule has 1 unspecified atom stereocenters. The molecule has 0 aromatic heterocycles. The highest BCUT2D eigenvalue weighted by molar-refractivity contribution is 5.96. The fraction of sp³-hybridized carbons (Fsp3) is 0.429. The van der Waals surface area contributed by atoms with E-state index in [0.717, 1.165) is 6.07 Å². The number of hydrogen-bond donors (Lipinski definition) is 1. The van der Waals surface area contributed by atoms with Crippen LogP contribution in [0.2, 0.25) is 0 Å². The molecular weight excluding hydrogens is 261 g/mol. The molecule has 20 heavy (non-hydrogen) atoms. The van der Waals surface area contributed by atoms with Crippen molar-refractivity contribution in [2.45, 2.75) is 13.8 Å². The van der Waals surface area contributed by atoms with Gasteiger partial charge in [-0.3, -0.25) is 0 Å². The third-order valence-corrected chi connectivity index (χ3v) is 2.96. The van der Waals surface area contributed by atoms with Crippen molar-refractivity contribution in [3.63, 3.8) is 0 Å². The van der Waals surface area contributed by atoms with Gasteiger partial charge in [0.25, 0.3) is 0 Å². The van der Waals surface area contributed by atoms with E-state index in [-0.39, 0.29) is 22.9 Å². The van der Waals surface area contributed by atoms with Gasteiger partial charge < -0.3 is 15.4 Å². The summed E-state index contributed by atoms with van der Waals surface area (Å²) in [6.45, 7) is 4.47. The quantitative estimate of drug-likeness (QED) is 0.660. The number of hydrogen-bond acceptors (Lipinski definition) is 5. The van der Waals surface area contributed by atoms with Crippen LogP contribution >= 0.6 is 0 Å². The zero-order valence-electron chi connectivity index (χ0n) is 11.8. The smallest absolute Gasteiger partial charge is 0.340 e. The first kappa shape index (κ1) is 15.8. The summed E-state index contributed by atoms with van der Waals surface area (Å²) < 4.78 is 18.6. The highest BCUT2D eigenvalue weighted by Crippen LogP contribution is 2.26. The number of nitrogen functional groups attached to an aromatic ring is 1. The minimum atomic E-state index is -0.617. The van der Waals surface area contributed by atoms with E-state index in [2.05, 4.69) is 10.8 Å². The number of benzene rings is 1. The van der Waals surface area contributed by atoms with Crippen molar-refractivity contribution >= 4 is 17.3 Å². The summed E-state index contributed by atoms with van der Waals surface area (Å²) in [5, 5.41) is 8.86. The number of carbonyl (C=O) groups is 1. The van der Waals surface area contributed by atoms with E-state index in [4.69, 9.17) is 11.0 Å². The number of nitrogens with zero attached hydrogens (tertiary/aromatic N) is 2.